The third kappa shape index (κ3) is 6.19. The standard InChI is InChI=1S/C24H26N2O3S/c1-2-29-20-14-12-19(13-15-20)23(18-8-4-3-5-9-18)26-22(27)11-6-16-25-24(28)21-10-7-17-30-21/h3-5,7-10,12-15,17,23H,2,6,11,16H2,1H3,(H,25,28)(H,26,27)/t23-/m1/s1. The van der Waals surface area contributed by atoms with Crippen LogP contribution < -0.4 is 15.4 Å². The number of benzene rings is 2. The highest BCUT2D eigenvalue weighted by atomic mass is 32.1. The molecule has 0 unspecified atom stereocenters. The number of hydrogen-bond acceptors (Lipinski definition) is 4. The monoisotopic (exact) mass is 422 g/mol. The molecule has 2 amide bonds. The van der Waals surface area contributed by atoms with Crippen LogP contribution in [0.25, 0.3) is 0 Å². The van der Waals surface area contributed by atoms with Crippen molar-refractivity contribution in [1.29, 1.82) is 0 Å². The van der Waals surface area contributed by atoms with Gasteiger partial charge in [-0.05, 0) is 48.1 Å². The van der Waals surface area contributed by atoms with Gasteiger partial charge in [0.15, 0.2) is 0 Å². The normalized spacial score (nSPS) is 11.5. The van der Waals surface area contributed by atoms with Crippen molar-refractivity contribution in [1.82, 2.24) is 10.6 Å². The van der Waals surface area contributed by atoms with E-state index in [9.17, 15) is 9.59 Å². The molecule has 0 aliphatic heterocycles. The van der Waals surface area contributed by atoms with E-state index >= 15 is 0 Å². The van der Waals surface area contributed by atoms with Crippen LogP contribution in [0.3, 0.4) is 0 Å². The molecule has 0 fully saturated rings. The first kappa shape index (κ1) is 21.6. The molecule has 0 spiro atoms. The topological polar surface area (TPSA) is 67.4 Å². The van der Waals surface area contributed by atoms with Gasteiger partial charge < -0.3 is 15.4 Å². The molecule has 156 valence electrons. The average molecular weight is 423 g/mol. The number of carbonyl (C=O) groups excluding carboxylic acids is 2. The Morgan fingerprint density at radius 2 is 1.70 bits per heavy atom. The van der Waals surface area contributed by atoms with E-state index in [1.54, 1.807) is 6.07 Å². The van der Waals surface area contributed by atoms with E-state index in [-0.39, 0.29) is 17.9 Å². The molecule has 0 aliphatic carbocycles. The van der Waals surface area contributed by atoms with Gasteiger partial charge in [-0.1, -0.05) is 48.5 Å². The lowest BCUT2D eigenvalue weighted by Crippen LogP contribution is -2.30. The lowest BCUT2D eigenvalue weighted by atomic mass is 9.98. The Morgan fingerprint density at radius 1 is 0.967 bits per heavy atom. The van der Waals surface area contributed by atoms with Gasteiger partial charge in [0.1, 0.15) is 5.75 Å². The quantitative estimate of drug-likeness (QED) is 0.471. The Kier molecular flexibility index (Phi) is 8.03. The Labute approximate surface area is 181 Å². The second-order valence-corrected chi connectivity index (χ2v) is 7.70. The van der Waals surface area contributed by atoms with Gasteiger partial charge in [-0.15, -0.1) is 11.3 Å². The number of hydrogen-bond donors (Lipinski definition) is 2. The largest absolute Gasteiger partial charge is 0.494 e. The molecule has 1 aromatic heterocycles. The summed E-state index contributed by atoms with van der Waals surface area (Å²) in [5.74, 6) is 0.658. The van der Waals surface area contributed by atoms with Crippen molar-refractivity contribution in [2.45, 2.75) is 25.8 Å². The minimum atomic E-state index is -0.241. The van der Waals surface area contributed by atoms with Crippen molar-refractivity contribution in [2.24, 2.45) is 0 Å². The average Bonchev–Trinajstić information content (AvgIpc) is 3.32. The van der Waals surface area contributed by atoms with Crippen LogP contribution in [-0.4, -0.2) is 25.0 Å². The van der Waals surface area contributed by atoms with Crippen LogP contribution >= 0.6 is 11.3 Å². The van der Waals surface area contributed by atoms with Gasteiger partial charge in [0, 0.05) is 13.0 Å². The number of ether oxygens (including phenoxy) is 1. The Bertz CT molecular complexity index is 925. The van der Waals surface area contributed by atoms with E-state index in [4.69, 9.17) is 4.74 Å². The second-order valence-electron chi connectivity index (χ2n) is 6.75. The zero-order valence-electron chi connectivity index (χ0n) is 17.0. The zero-order valence-corrected chi connectivity index (χ0v) is 17.8. The van der Waals surface area contributed by atoms with Gasteiger partial charge in [-0.25, -0.2) is 0 Å². The molecule has 1 heterocycles. The number of amides is 2. The Hall–Kier alpha value is -3.12. The zero-order chi connectivity index (χ0) is 21.2. The molecule has 2 N–H and O–H groups in total. The first-order valence-corrected chi connectivity index (χ1v) is 10.9. The Morgan fingerprint density at radius 3 is 2.37 bits per heavy atom. The lowest BCUT2D eigenvalue weighted by molar-refractivity contribution is -0.121. The number of thiophene rings is 1. The summed E-state index contributed by atoms with van der Waals surface area (Å²) in [7, 11) is 0. The summed E-state index contributed by atoms with van der Waals surface area (Å²) >= 11 is 1.40. The molecule has 0 aliphatic rings. The molecule has 2 aromatic carbocycles. The number of rotatable bonds is 10. The van der Waals surface area contributed by atoms with E-state index in [0.717, 1.165) is 16.9 Å². The van der Waals surface area contributed by atoms with Crippen molar-refractivity contribution < 1.29 is 14.3 Å². The summed E-state index contributed by atoms with van der Waals surface area (Å²) in [6, 6.07) is 21.1. The second kappa shape index (κ2) is 11.2. The predicted octanol–water partition coefficient (Wildman–Crippen LogP) is 4.56. The minimum Gasteiger partial charge on any atom is -0.494 e. The van der Waals surface area contributed by atoms with Crippen LogP contribution in [0.5, 0.6) is 5.75 Å². The van der Waals surface area contributed by atoms with E-state index in [1.165, 1.54) is 11.3 Å². The van der Waals surface area contributed by atoms with Crippen LogP contribution in [-0.2, 0) is 4.79 Å². The fourth-order valence-electron chi connectivity index (χ4n) is 3.11. The maximum Gasteiger partial charge on any atom is 0.261 e. The molecule has 6 heteroatoms. The molecule has 5 nitrogen and oxygen atoms in total. The summed E-state index contributed by atoms with van der Waals surface area (Å²) in [6.07, 6.45) is 0.915. The molecule has 30 heavy (non-hydrogen) atoms. The van der Waals surface area contributed by atoms with Crippen LogP contribution in [0.4, 0.5) is 0 Å². The highest BCUT2D eigenvalue weighted by Gasteiger charge is 2.17. The van der Waals surface area contributed by atoms with Crippen LogP contribution in [0.2, 0.25) is 0 Å². The highest BCUT2D eigenvalue weighted by molar-refractivity contribution is 7.12. The molecule has 0 saturated carbocycles. The van der Waals surface area contributed by atoms with Gasteiger partial charge in [0.2, 0.25) is 5.91 Å². The molecular weight excluding hydrogens is 396 g/mol. The van der Waals surface area contributed by atoms with Crippen LogP contribution in [0, 0.1) is 0 Å². The lowest BCUT2D eigenvalue weighted by Gasteiger charge is -2.20. The van der Waals surface area contributed by atoms with E-state index in [1.807, 2.05) is 73.0 Å². The maximum atomic E-state index is 12.6. The third-order valence-electron chi connectivity index (χ3n) is 4.57. The molecule has 1 atom stereocenters. The fourth-order valence-corrected chi connectivity index (χ4v) is 3.75. The first-order valence-electron chi connectivity index (χ1n) is 10.1. The molecule has 0 bridgehead atoms. The van der Waals surface area contributed by atoms with E-state index in [2.05, 4.69) is 10.6 Å². The van der Waals surface area contributed by atoms with Crippen molar-refractivity contribution in [2.75, 3.05) is 13.2 Å². The van der Waals surface area contributed by atoms with Crippen LogP contribution in [0.15, 0.2) is 72.1 Å². The number of nitrogens with one attached hydrogen (secondary N) is 2. The van der Waals surface area contributed by atoms with Crippen molar-refractivity contribution >= 4 is 23.2 Å². The third-order valence-corrected chi connectivity index (χ3v) is 5.44. The van der Waals surface area contributed by atoms with E-state index in [0.29, 0.717) is 30.9 Å². The highest BCUT2D eigenvalue weighted by Crippen LogP contribution is 2.24. The summed E-state index contributed by atoms with van der Waals surface area (Å²) < 4.78 is 5.52. The predicted molar refractivity (Wildman–Crippen MR) is 120 cm³/mol. The fraction of sp³-hybridized carbons (Fsp3) is 0.250. The SMILES string of the molecule is CCOc1ccc([C@H](NC(=O)CCCNC(=O)c2cccs2)c2ccccc2)cc1. The molecular formula is C24H26N2O3S. The maximum absolute atomic E-state index is 12.6. The Balaban J connectivity index is 1.57. The molecule has 3 aromatic rings. The molecule has 0 radical (unpaired) electrons. The van der Waals surface area contributed by atoms with Gasteiger partial charge in [-0.3, -0.25) is 9.59 Å². The minimum absolute atomic E-state index is 0.0527. The summed E-state index contributed by atoms with van der Waals surface area (Å²) in [5, 5.41) is 7.85. The molecule has 0 saturated heterocycles. The van der Waals surface area contributed by atoms with Crippen molar-refractivity contribution in [3.8, 4) is 5.75 Å². The van der Waals surface area contributed by atoms with Crippen molar-refractivity contribution in [3.63, 3.8) is 0 Å². The molecule has 3 rings (SSSR count). The van der Waals surface area contributed by atoms with Gasteiger partial charge >= 0.3 is 0 Å². The number of carbonyl (C=O) groups is 2. The summed E-state index contributed by atoms with van der Waals surface area (Å²) in [4.78, 5) is 25.2. The summed E-state index contributed by atoms with van der Waals surface area (Å²) in [6.45, 7) is 3.02. The van der Waals surface area contributed by atoms with Gasteiger partial charge in [0.25, 0.3) is 5.91 Å². The smallest absolute Gasteiger partial charge is 0.261 e. The first-order chi connectivity index (χ1) is 14.7. The van der Waals surface area contributed by atoms with Crippen LogP contribution in [0.1, 0.15) is 46.6 Å². The van der Waals surface area contributed by atoms with Gasteiger partial charge in [0.05, 0.1) is 17.5 Å². The summed E-state index contributed by atoms with van der Waals surface area (Å²) in [5.41, 5.74) is 2.00. The van der Waals surface area contributed by atoms with Gasteiger partial charge in [-0.2, -0.15) is 0 Å². The van der Waals surface area contributed by atoms with E-state index < -0.39 is 0 Å². The van der Waals surface area contributed by atoms with Crippen molar-refractivity contribution in [3.05, 3.63) is 88.1 Å².